The molecule has 0 aliphatic carbocycles. The first-order valence-corrected chi connectivity index (χ1v) is 10.3. The third kappa shape index (κ3) is 2.88. The first-order valence-electron chi connectivity index (χ1n) is 8.84. The fourth-order valence-electron chi connectivity index (χ4n) is 3.66. The third-order valence-electron chi connectivity index (χ3n) is 4.99. The van der Waals surface area contributed by atoms with E-state index in [1.807, 2.05) is 51.4 Å². The summed E-state index contributed by atoms with van der Waals surface area (Å²) in [6, 6.07) is 11.2. The van der Waals surface area contributed by atoms with Gasteiger partial charge >= 0.3 is 0 Å². The largest absolute Gasteiger partial charge is 0.382 e. The molecule has 6 nitrogen and oxygen atoms in total. The summed E-state index contributed by atoms with van der Waals surface area (Å²) in [6.45, 7) is 4.78. The topological polar surface area (TPSA) is 67.2 Å². The van der Waals surface area contributed by atoms with Crippen molar-refractivity contribution < 1.29 is 8.42 Å². The highest BCUT2D eigenvalue weighted by atomic mass is 32.2. The van der Waals surface area contributed by atoms with Crippen LogP contribution in [0.3, 0.4) is 0 Å². The number of sulfonamides is 1. The maximum Gasteiger partial charge on any atom is 0.264 e. The molecule has 4 rings (SSSR count). The molecule has 27 heavy (non-hydrogen) atoms. The summed E-state index contributed by atoms with van der Waals surface area (Å²) >= 11 is 0. The molecule has 0 saturated heterocycles. The zero-order valence-electron chi connectivity index (χ0n) is 15.6. The lowest BCUT2D eigenvalue weighted by Gasteiger charge is -2.33. The van der Waals surface area contributed by atoms with E-state index in [1.165, 1.54) is 4.31 Å². The Morgan fingerprint density at radius 3 is 2.63 bits per heavy atom. The van der Waals surface area contributed by atoms with E-state index in [2.05, 4.69) is 10.4 Å². The molecule has 0 atom stereocenters. The number of hydrogen-bond donors (Lipinski definition) is 1. The van der Waals surface area contributed by atoms with Crippen LogP contribution in [0, 0.1) is 13.8 Å². The zero-order valence-corrected chi connectivity index (χ0v) is 16.4. The first-order chi connectivity index (χ1) is 12.9. The fraction of sp³-hybridized carbons (Fsp3) is 0.250. The Hall–Kier alpha value is -2.80. The molecule has 1 aliphatic heterocycles. The fourth-order valence-corrected chi connectivity index (χ4v) is 5.46. The molecule has 0 amide bonds. The van der Waals surface area contributed by atoms with Crippen LogP contribution < -0.4 is 9.62 Å². The summed E-state index contributed by atoms with van der Waals surface area (Å²) in [7, 11) is -1.84. The van der Waals surface area contributed by atoms with Crippen LogP contribution in [-0.4, -0.2) is 31.3 Å². The normalized spacial score (nSPS) is 14.0. The van der Waals surface area contributed by atoms with Crippen LogP contribution in [-0.2, 0) is 17.1 Å². The summed E-state index contributed by atoms with van der Waals surface area (Å²) < 4.78 is 30.4. The third-order valence-corrected chi connectivity index (χ3v) is 6.93. The molecule has 1 aromatic heterocycles. The van der Waals surface area contributed by atoms with E-state index in [9.17, 15) is 8.42 Å². The van der Waals surface area contributed by atoms with Crippen LogP contribution in [0.4, 0.5) is 11.4 Å². The van der Waals surface area contributed by atoms with E-state index >= 15 is 0 Å². The number of nitrogens with zero attached hydrogens (tertiary/aromatic N) is 3. The number of aryl methyl sites for hydroxylation is 2. The number of para-hydroxylation sites is 1. The molecule has 3 aromatic rings. The quantitative estimate of drug-likeness (QED) is 0.755. The van der Waals surface area contributed by atoms with E-state index in [1.54, 1.807) is 23.0 Å². The molecule has 2 aromatic carbocycles. The van der Waals surface area contributed by atoms with Crippen molar-refractivity contribution in [3.8, 4) is 11.1 Å². The Morgan fingerprint density at radius 2 is 1.89 bits per heavy atom. The van der Waals surface area contributed by atoms with Crippen LogP contribution in [0.15, 0.2) is 53.7 Å². The van der Waals surface area contributed by atoms with Crippen molar-refractivity contribution in [2.75, 3.05) is 22.7 Å². The van der Waals surface area contributed by atoms with Gasteiger partial charge in [-0.15, -0.1) is 0 Å². The van der Waals surface area contributed by atoms with Gasteiger partial charge in [-0.25, -0.2) is 8.42 Å². The van der Waals surface area contributed by atoms with Gasteiger partial charge in [0, 0.05) is 25.4 Å². The standard InChI is InChI=1S/C20H22N4O2S/c1-14-6-4-8-18-20(14)24(11-10-21-18)27(25,26)19-9-5-7-17(15(19)2)16-12-22-23(3)13-16/h4-9,12-13,21H,10-11H2,1-3H3. The van der Waals surface area contributed by atoms with Crippen molar-refractivity contribution >= 4 is 21.4 Å². The maximum atomic E-state index is 13.6. The molecule has 0 fully saturated rings. The van der Waals surface area contributed by atoms with Crippen LogP contribution in [0.5, 0.6) is 0 Å². The lowest BCUT2D eigenvalue weighted by molar-refractivity contribution is 0.590. The Morgan fingerprint density at radius 1 is 1.11 bits per heavy atom. The Labute approximate surface area is 159 Å². The Balaban J connectivity index is 1.86. The van der Waals surface area contributed by atoms with E-state index in [0.29, 0.717) is 18.0 Å². The number of aromatic nitrogens is 2. The molecule has 7 heteroatoms. The van der Waals surface area contributed by atoms with Gasteiger partial charge in [-0.1, -0.05) is 24.3 Å². The molecular weight excluding hydrogens is 360 g/mol. The number of rotatable bonds is 3. The van der Waals surface area contributed by atoms with Gasteiger partial charge in [-0.3, -0.25) is 8.99 Å². The van der Waals surface area contributed by atoms with Crippen molar-refractivity contribution in [2.24, 2.45) is 7.05 Å². The van der Waals surface area contributed by atoms with Crippen molar-refractivity contribution in [3.63, 3.8) is 0 Å². The van der Waals surface area contributed by atoms with Gasteiger partial charge in [0.2, 0.25) is 0 Å². The average Bonchev–Trinajstić information content (AvgIpc) is 3.07. The van der Waals surface area contributed by atoms with Gasteiger partial charge in [0.25, 0.3) is 10.0 Å². The predicted molar refractivity (Wildman–Crippen MR) is 108 cm³/mol. The number of anilines is 2. The summed E-state index contributed by atoms with van der Waals surface area (Å²) in [5.74, 6) is 0. The molecule has 0 unspecified atom stereocenters. The van der Waals surface area contributed by atoms with Crippen molar-refractivity contribution in [2.45, 2.75) is 18.7 Å². The number of benzene rings is 2. The molecule has 140 valence electrons. The van der Waals surface area contributed by atoms with Crippen LogP contribution in [0.2, 0.25) is 0 Å². The van der Waals surface area contributed by atoms with Gasteiger partial charge in [-0.05, 0) is 42.7 Å². The van der Waals surface area contributed by atoms with Crippen LogP contribution >= 0.6 is 0 Å². The number of hydrogen-bond acceptors (Lipinski definition) is 4. The van der Waals surface area contributed by atoms with Crippen LogP contribution in [0.25, 0.3) is 11.1 Å². The summed E-state index contributed by atoms with van der Waals surface area (Å²) in [5.41, 5.74) is 5.04. The lowest BCUT2D eigenvalue weighted by atomic mass is 10.0. The molecule has 1 N–H and O–H groups in total. The van der Waals surface area contributed by atoms with Crippen molar-refractivity contribution in [3.05, 3.63) is 59.9 Å². The second kappa shape index (κ2) is 6.42. The van der Waals surface area contributed by atoms with E-state index in [0.717, 1.165) is 33.6 Å². The minimum Gasteiger partial charge on any atom is -0.382 e. The number of nitrogens with one attached hydrogen (secondary N) is 1. The molecule has 1 aliphatic rings. The minimum atomic E-state index is -3.69. The first kappa shape index (κ1) is 17.6. The molecule has 0 radical (unpaired) electrons. The van der Waals surface area contributed by atoms with Gasteiger partial charge in [-0.2, -0.15) is 5.10 Å². The molecule has 2 heterocycles. The van der Waals surface area contributed by atoms with Crippen molar-refractivity contribution in [1.82, 2.24) is 9.78 Å². The highest BCUT2D eigenvalue weighted by Gasteiger charge is 2.31. The van der Waals surface area contributed by atoms with E-state index < -0.39 is 10.0 Å². The summed E-state index contributed by atoms with van der Waals surface area (Å²) in [6.07, 6.45) is 3.64. The van der Waals surface area contributed by atoms with Crippen molar-refractivity contribution in [1.29, 1.82) is 0 Å². The monoisotopic (exact) mass is 382 g/mol. The smallest absolute Gasteiger partial charge is 0.264 e. The molecular formula is C20H22N4O2S. The predicted octanol–water partition coefficient (Wildman–Crippen LogP) is 3.32. The lowest BCUT2D eigenvalue weighted by Crippen LogP contribution is -2.39. The van der Waals surface area contributed by atoms with Gasteiger partial charge in [0.1, 0.15) is 0 Å². The SMILES string of the molecule is Cc1cccc2c1N(S(=O)(=O)c1cccc(-c3cnn(C)c3)c1C)CCN2. The second-order valence-electron chi connectivity index (χ2n) is 6.81. The van der Waals surface area contributed by atoms with Gasteiger partial charge in [0.05, 0.1) is 29.0 Å². The van der Waals surface area contributed by atoms with Gasteiger partial charge < -0.3 is 5.32 Å². The van der Waals surface area contributed by atoms with E-state index in [-0.39, 0.29) is 0 Å². The highest BCUT2D eigenvalue weighted by molar-refractivity contribution is 7.93. The average molecular weight is 382 g/mol. The molecule has 0 bridgehead atoms. The second-order valence-corrected chi connectivity index (χ2v) is 8.64. The van der Waals surface area contributed by atoms with Crippen LogP contribution in [0.1, 0.15) is 11.1 Å². The molecule has 0 spiro atoms. The maximum absolute atomic E-state index is 13.6. The molecule has 0 saturated carbocycles. The van der Waals surface area contributed by atoms with Gasteiger partial charge in [0.15, 0.2) is 0 Å². The Bertz CT molecular complexity index is 1120. The summed E-state index contributed by atoms with van der Waals surface area (Å²) in [5, 5.41) is 7.50. The Kier molecular flexibility index (Phi) is 4.19. The minimum absolute atomic E-state index is 0.333. The number of fused-ring (bicyclic) bond motifs is 1. The summed E-state index contributed by atoms with van der Waals surface area (Å²) in [4.78, 5) is 0.333. The van der Waals surface area contributed by atoms with E-state index in [4.69, 9.17) is 0 Å². The highest BCUT2D eigenvalue weighted by Crippen LogP contribution is 2.37. The zero-order chi connectivity index (χ0) is 19.2.